The molecule has 0 spiro atoms. The Kier molecular flexibility index (Phi) is 6.77. The molecule has 180 valence electrons. The number of nitrogens with one attached hydrogen (secondary N) is 1. The summed E-state index contributed by atoms with van der Waals surface area (Å²) in [5, 5.41) is 2.75. The molecular weight excluding hydrogens is 459 g/mol. The number of aryl methyl sites for hydroxylation is 1. The smallest absolute Gasteiger partial charge is 0.425 e. The van der Waals surface area contributed by atoms with Gasteiger partial charge in [-0.15, -0.1) is 19.8 Å². The van der Waals surface area contributed by atoms with Gasteiger partial charge < -0.3 is 14.8 Å². The Morgan fingerprint density at radius 1 is 1.09 bits per heavy atom. The number of nitrogens with zero attached hydrogens (tertiary/aromatic N) is 2. The summed E-state index contributed by atoms with van der Waals surface area (Å²) in [6, 6.07) is 18.4. The van der Waals surface area contributed by atoms with Gasteiger partial charge in [0.1, 0.15) is 11.5 Å². The van der Waals surface area contributed by atoms with E-state index < -0.39 is 6.36 Å². The molecule has 9 heteroatoms. The predicted octanol–water partition coefficient (Wildman–Crippen LogP) is 6.00. The number of imidazole rings is 1. The lowest BCUT2D eigenvalue weighted by Crippen LogP contribution is -2.23. The molecule has 1 N–H and O–H groups in total. The van der Waals surface area contributed by atoms with E-state index in [4.69, 9.17) is 4.74 Å². The van der Waals surface area contributed by atoms with Crippen LogP contribution in [0.25, 0.3) is 11.0 Å². The van der Waals surface area contributed by atoms with E-state index in [1.54, 1.807) is 42.5 Å². The minimum absolute atomic E-state index is 0.254. The van der Waals surface area contributed by atoms with Crippen LogP contribution in [0.2, 0.25) is 0 Å². The summed E-state index contributed by atoms with van der Waals surface area (Å²) < 4.78 is 49.3. The van der Waals surface area contributed by atoms with Crippen LogP contribution in [0.1, 0.15) is 21.5 Å². The van der Waals surface area contributed by atoms with Crippen molar-refractivity contribution in [3.63, 3.8) is 0 Å². The molecule has 4 aromatic rings. The van der Waals surface area contributed by atoms with Crippen LogP contribution in [0.5, 0.6) is 17.5 Å². The molecule has 1 aromatic heterocycles. The zero-order chi connectivity index (χ0) is 25.0. The first kappa shape index (κ1) is 23.9. The summed E-state index contributed by atoms with van der Waals surface area (Å²) >= 11 is 0. The molecule has 0 saturated carbocycles. The molecule has 0 radical (unpaired) electrons. The van der Waals surface area contributed by atoms with Crippen molar-refractivity contribution in [1.29, 1.82) is 0 Å². The number of halogens is 3. The van der Waals surface area contributed by atoms with Crippen LogP contribution in [-0.4, -0.2) is 28.4 Å². The molecule has 6 nitrogen and oxygen atoms in total. The van der Waals surface area contributed by atoms with Gasteiger partial charge in [-0.2, -0.15) is 4.98 Å². The van der Waals surface area contributed by atoms with Gasteiger partial charge in [0.2, 0.25) is 0 Å². The lowest BCUT2D eigenvalue weighted by Gasteiger charge is -2.13. The van der Waals surface area contributed by atoms with Crippen LogP contribution in [0.3, 0.4) is 0 Å². The first-order valence-corrected chi connectivity index (χ1v) is 10.7. The number of ether oxygens (including phenoxy) is 2. The molecule has 0 aliphatic heterocycles. The number of hydrogen-bond acceptors (Lipinski definition) is 4. The average Bonchev–Trinajstić information content (AvgIpc) is 3.15. The average molecular weight is 481 g/mol. The van der Waals surface area contributed by atoms with Gasteiger partial charge in [0.15, 0.2) is 0 Å². The molecule has 4 rings (SSSR count). The van der Waals surface area contributed by atoms with Crippen molar-refractivity contribution in [2.24, 2.45) is 0 Å². The number of aromatic nitrogens is 2. The van der Waals surface area contributed by atoms with Crippen molar-refractivity contribution in [2.75, 3.05) is 6.54 Å². The van der Waals surface area contributed by atoms with Crippen molar-refractivity contribution >= 4 is 16.9 Å². The van der Waals surface area contributed by atoms with Gasteiger partial charge in [-0.1, -0.05) is 36.4 Å². The van der Waals surface area contributed by atoms with Gasteiger partial charge in [0, 0.05) is 12.1 Å². The van der Waals surface area contributed by atoms with Gasteiger partial charge in [0.25, 0.3) is 5.91 Å². The quantitative estimate of drug-likeness (QED) is 0.314. The van der Waals surface area contributed by atoms with Crippen LogP contribution in [0, 0.1) is 6.92 Å². The second-order valence-electron chi connectivity index (χ2n) is 7.75. The molecule has 0 fully saturated rings. The van der Waals surface area contributed by atoms with E-state index in [1.807, 2.05) is 29.7 Å². The van der Waals surface area contributed by atoms with Gasteiger partial charge in [-0.3, -0.25) is 9.36 Å². The number of para-hydroxylation sites is 1. The van der Waals surface area contributed by atoms with E-state index in [0.29, 0.717) is 28.9 Å². The standard InChI is InChI=1S/C26H22F3N3O3/c1-3-13-30-24(33)19-14-17(2)23-22(15-19)31-25(34-20-7-5-4-6-8-20)32(23)16-18-9-11-21(12-10-18)35-26(27,28)29/h3-12,14-15H,1,13,16H2,2H3,(H,30,33). The Bertz CT molecular complexity index is 1350. The first-order chi connectivity index (χ1) is 16.7. The van der Waals surface area contributed by atoms with Crippen molar-refractivity contribution < 1.29 is 27.4 Å². The maximum Gasteiger partial charge on any atom is 0.573 e. The molecule has 0 bridgehead atoms. The van der Waals surface area contributed by atoms with E-state index in [9.17, 15) is 18.0 Å². The van der Waals surface area contributed by atoms with Crippen LogP contribution < -0.4 is 14.8 Å². The van der Waals surface area contributed by atoms with Gasteiger partial charge >= 0.3 is 12.4 Å². The maximum absolute atomic E-state index is 12.5. The zero-order valence-electron chi connectivity index (χ0n) is 18.8. The van der Waals surface area contributed by atoms with Gasteiger partial charge in [-0.05, 0) is 54.4 Å². The van der Waals surface area contributed by atoms with Gasteiger partial charge in [-0.25, -0.2) is 0 Å². The minimum atomic E-state index is -4.76. The molecular formula is C26H22F3N3O3. The maximum atomic E-state index is 12.5. The Balaban J connectivity index is 1.73. The number of fused-ring (bicyclic) bond motifs is 1. The minimum Gasteiger partial charge on any atom is -0.425 e. The third-order valence-corrected chi connectivity index (χ3v) is 5.12. The highest BCUT2D eigenvalue weighted by atomic mass is 19.4. The molecule has 1 heterocycles. The Morgan fingerprint density at radius 2 is 1.80 bits per heavy atom. The fourth-order valence-electron chi connectivity index (χ4n) is 3.65. The number of hydrogen-bond donors (Lipinski definition) is 1. The summed E-state index contributed by atoms with van der Waals surface area (Å²) in [5.41, 5.74) is 3.24. The second-order valence-corrected chi connectivity index (χ2v) is 7.75. The first-order valence-electron chi connectivity index (χ1n) is 10.7. The number of amides is 1. The molecule has 0 saturated heterocycles. The Morgan fingerprint density at radius 3 is 2.46 bits per heavy atom. The highest BCUT2D eigenvalue weighted by molar-refractivity contribution is 5.98. The highest BCUT2D eigenvalue weighted by Gasteiger charge is 2.31. The molecule has 1 amide bonds. The molecule has 0 aliphatic carbocycles. The topological polar surface area (TPSA) is 65.4 Å². The number of benzene rings is 3. The zero-order valence-corrected chi connectivity index (χ0v) is 18.8. The van der Waals surface area contributed by atoms with Crippen molar-refractivity contribution in [3.8, 4) is 17.5 Å². The van der Waals surface area contributed by atoms with E-state index >= 15 is 0 Å². The number of alkyl halides is 3. The summed E-state index contributed by atoms with van der Waals surface area (Å²) in [6.07, 6.45) is -3.17. The largest absolute Gasteiger partial charge is 0.573 e. The Hall–Kier alpha value is -4.27. The fraction of sp³-hybridized carbons (Fsp3) is 0.154. The van der Waals surface area contributed by atoms with Crippen LogP contribution in [-0.2, 0) is 6.54 Å². The summed E-state index contributed by atoms with van der Waals surface area (Å²) in [7, 11) is 0. The highest BCUT2D eigenvalue weighted by Crippen LogP contribution is 2.31. The third-order valence-electron chi connectivity index (χ3n) is 5.12. The monoisotopic (exact) mass is 481 g/mol. The summed E-state index contributed by atoms with van der Waals surface area (Å²) in [5.74, 6) is 0.0127. The Labute approximate surface area is 199 Å². The number of rotatable bonds is 8. The molecule has 0 atom stereocenters. The predicted molar refractivity (Wildman–Crippen MR) is 126 cm³/mol. The van der Waals surface area contributed by atoms with E-state index in [0.717, 1.165) is 11.1 Å². The van der Waals surface area contributed by atoms with Crippen molar-refractivity contribution in [2.45, 2.75) is 19.8 Å². The SMILES string of the molecule is C=CCNC(=O)c1cc(C)c2c(c1)nc(Oc1ccccc1)n2Cc1ccc(OC(F)(F)F)cc1. The van der Waals surface area contributed by atoms with Crippen LogP contribution in [0.4, 0.5) is 13.2 Å². The molecule has 0 unspecified atom stereocenters. The van der Waals surface area contributed by atoms with Crippen molar-refractivity contribution in [3.05, 3.63) is 96.1 Å². The normalized spacial score (nSPS) is 11.3. The van der Waals surface area contributed by atoms with Crippen LogP contribution in [0.15, 0.2) is 79.4 Å². The fourth-order valence-corrected chi connectivity index (χ4v) is 3.65. The number of carbonyl (C=O) groups excluding carboxylic acids is 1. The second kappa shape index (κ2) is 9.92. The van der Waals surface area contributed by atoms with Crippen LogP contribution >= 0.6 is 0 Å². The summed E-state index contributed by atoms with van der Waals surface area (Å²) in [4.78, 5) is 17.1. The summed E-state index contributed by atoms with van der Waals surface area (Å²) in [6.45, 7) is 6.07. The molecule has 0 aliphatic rings. The molecule has 35 heavy (non-hydrogen) atoms. The van der Waals surface area contributed by atoms with E-state index in [-0.39, 0.29) is 24.2 Å². The lowest BCUT2D eigenvalue weighted by molar-refractivity contribution is -0.274. The van der Waals surface area contributed by atoms with E-state index in [2.05, 4.69) is 21.6 Å². The van der Waals surface area contributed by atoms with Crippen molar-refractivity contribution in [1.82, 2.24) is 14.9 Å². The van der Waals surface area contributed by atoms with E-state index in [1.165, 1.54) is 12.1 Å². The molecule has 3 aromatic carbocycles. The lowest BCUT2D eigenvalue weighted by atomic mass is 10.1. The number of carbonyl (C=O) groups is 1. The van der Waals surface area contributed by atoms with Gasteiger partial charge in [0.05, 0.1) is 17.6 Å². The third kappa shape index (κ3) is 5.81.